The highest BCUT2D eigenvalue weighted by Gasteiger charge is 2.34. The molecule has 126 valence electrons. The van der Waals surface area contributed by atoms with Crippen LogP contribution < -0.4 is 4.87 Å². The van der Waals surface area contributed by atoms with Gasteiger partial charge in [-0.15, -0.1) is 0 Å². The van der Waals surface area contributed by atoms with Gasteiger partial charge >= 0.3 is 4.87 Å². The Bertz CT molecular complexity index is 885. The number of aromatic nitrogens is 1. The van der Waals surface area contributed by atoms with Crippen LogP contribution in [0.3, 0.4) is 0 Å². The monoisotopic (exact) mass is 356 g/mol. The zero-order valence-electron chi connectivity index (χ0n) is 13.1. The molecule has 1 saturated carbocycles. The predicted molar refractivity (Wildman–Crippen MR) is 90.3 cm³/mol. The second-order valence-corrected chi connectivity index (χ2v) is 8.99. The summed E-state index contributed by atoms with van der Waals surface area (Å²) >= 11 is 1.03. The van der Waals surface area contributed by atoms with Crippen LogP contribution in [0.5, 0.6) is 0 Å². The lowest BCUT2D eigenvalue weighted by atomic mass is 9.93. The van der Waals surface area contributed by atoms with Gasteiger partial charge in [0.15, 0.2) is 0 Å². The second kappa shape index (κ2) is 6.01. The molecule has 0 saturated heterocycles. The molecular weight excluding hydrogens is 336 g/mol. The average molecular weight is 356 g/mol. The molecule has 6 nitrogen and oxygen atoms in total. The number of fused-ring (bicyclic) bond motifs is 1. The minimum Gasteiger partial charge on any atom is -0.391 e. The van der Waals surface area contributed by atoms with Crippen molar-refractivity contribution in [2.75, 3.05) is 7.05 Å². The number of likely N-dealkylation sites (N-methyl/N-ethyl adjacent to an activating group) is 1. The van der Waals surface area contributed by atoms with E-state index in [0.717, 1.165) is 29.7 Å². The van der Waals surface area contributed by atoms with Gasteiger partial charge in [-0.2, -0.15) is 4.31 Å². The highest BCUT2D eigenvalue weighted by molar-refractivity contribution is 7.89. The molecule has 1 aliphatic carbocycles. The Balaban J connectivity index is 2.00. The first kappa shape index (κ1) is 16.6. The van der Waals surface area contributed by atoms with Gasteiger partial charge in [-0.3, -0.25) is 4.79 Å². The standard InChI is InChI=1S/C15H20N2O4S2/c1-16-12-8-7-10(9-14(12)22-15(16)19)23(20,21)17(2)11-5-3-4-6-13(11)18/h7-9,11,13,18H,3-6H2,1-2H3/t11-,13-/m1/s1. The van der Waals surface area contributed by atoms with E-state index in [4.69, 9.17) is 0 Å². The summed E-state index contributed by atoms with van der Waals surface area (Å²) in [4.78, 5) is 11.8. The maximum atomic E-state index is 12.8. The Labute approximate surface area is 139 Å². The van der Waals surface area contributed by atoms with Gasteiger partial charge in [0, 0.05) is 14.1 Å². The van der Waals surface area contributed by atoms with Gasteiger partial charge in [0.1, 0.15) is 0 Å². The number of aliphatic hydroxyl groups excluding tert-OH is 1. The van der Waals surface area contributed by atoms with E-state index in [2.05, 4.69) is 0 Å². The third kappa shape index (κ3) is 2.84. The highest BCUT2D eigenvalue weighted by atomic mass is 32.2. The van der Waals surface area contributed by atoms with Gasteiger partial charge in [-0.1, -0.05) is 24.2 Å². The molecule has 1 aromatic heterocycles. The highest BCUT2D eigenvalue weighted by Crippen LogP contribution is 2.28. The van der Waals surface area contributed by atoms with Crippen molar-refractivity contribution in [2.24, 2.45) is 7.05 Å². The van der Waals surface area contributed by atoms with Crippen LogP contribution in [0.15, 0.2) is 27.9 Å². The van der Waals surface area contributed by atoms with Crippen molar-refractivity contribution in [1.29, 1.82) is 0 Å². The first-order chi connectivity index (χ1) is 10.8. The molecule has 0 amide bonds. The van der Waals surface area contributed by atoms with Crippen molar-refractivity contribution in [3.05, 3.63) is 27.9 Å². The second-order valence-electron chi connectivity index (χ2n) is 6.00. The van der Waals surface area contributed by atoms with E-state index in [9.17, 15) is 18.3 Å². The fraction of sp³-hybridized carbons (Fsp3) is 0.533. The van der Waals surface area contributed by atoms with Gasteiger partial charge in [-0.25, -0.2) is 8.42 Å². The zero-order chi connectivity index (χ0) is 16.8. The minimum absolute atomic E-state index is 0.120. The van der Waals surface area contributed by atoms with E-state index >= 15 is 0 Å². The van der Waals surface area contributed by atoms with Crippen molar-refractivity contribution in [2.45, 2.75) is 42.7 Å². The summed E-state index contributed by atoms with van der Waals surface area (Å²) in [6.45, 7) is 0. The van der Waals surface area contributed by atoms with E-state index in [1.165, 1.54) is 22.0 Å². The van der Waals surface area contributed by atoms with Crippen LogP contribution >= 0.6 is 11.3 Å². The minimum atomic E-state index is -3.70. The Morgan fingerprint density at radius 1 is 1.30 bits per heavy atom. The summed E-state index contributed by atoms with van der Waals surface area (Å²) in [5.41, 5.74) is 0.722. The molecule has 2 atom stereocenters. The van der Waals surface area contributed by atoms with Gasteiger partial charge in [-0.05, 0) is 31.0 Å². The van der Waals surface area contributed by atoms with E-state index in [-0.39, 0.29) is 15.8 Å². The maximum Gasteiger partial charge on any atom is 0.307 e. The molecule has 1 aliphatic rings. The maximum absolute atomic E-state index is 12.8. The van der Waals surface area contributed by atoms with Crippen LogP contribution in [0.4, 0.5) is 0 Å². The number of thiazole rings is 1. The first-order valence-corrected chi connectivity index (χ1v) is 9.83. The average Bonchev–Trinajstić information content (AvgIpc) is 2.81. The molecule has 0 aliphatic heterocycles. The van der Waals surface area contributed by atoms with E-state index in [1.807, 2.05) is 0 Å². The topological polar surface area (TPSA) is 79.6 Å². The van der Waals surface area contributed by atoms with Gasteiger partial charge in [0.25, 0.3) is 0 Å². The third-order valence-electron chi connectivity index (χ3n) is 4.60. The van der Waals surface area contributed by atoms with E-state index in [0.29, 0.717) is 17.5 Å². The number of aliphatic hydroxyl groups is 1. The SMILES string of the molecule is CN([C@@H]1CCCC[C@H]1O)S(=O)(=O)c1ccc2c(c1)sc(=O)n2C. The molecule has 8 heteroatoms. The molecule has 0 radical (unpaired) electrons. The summed E-state index contributed by atoms with van der Waals surface area (Å²) < 4.78 is 29.1. The summed E-state index contributed by atoms with van der Waals surface area (Å²) in [7, 11) is -0.511. The van der Waals surface area contributed by atoms with Crippen LogP contribution in [0.2, 0.25) is 0 Å². The zero-order valence-corrected chi connectivity index (χ0v) is 14.7. The molecule has 3 rings (SSSR count). The first-order valence-electron chi connectivity index (χ1n) is 7.58. The fourth-order valence-corrected chi connectivity index (χ4v) is 5.57. The van der Waals surface area contributed by atoms with Crippen molar-refractivity contribution >= 4 is 31.6 Å². The molecule has 1 heterocycles. The van der Waals surface area contributed by atoms with Crippen LogP contribution in [0, 0.1) is 0 Å². The fourth-order valence-electron chi connectivity index (χ4n) is 3.13. The van der Waals surface area contributed by atoms with Gasteiger partial charge < -0.3 is 9.67 Å². The smallest absolute Gasteiger partial charge is 0.307 e. The number of hydrogen-bond acceptors (Lipinski definition) is 5. The molecular formula is C15H20N2O4S2. The van der Waals surface area contributed by atoms with Crippen molar-refractivity contribution in [3.63, 3.8) is 0 Å². The molecule has 0 bridgehead atoms. The van der Waals surface area contributed by atoms with Gasteiger partial charge in [0.2, 0.25) is 10.0 Å². The lowest BCUT2D eigenvalue weighted by Crippen LogP contribution is -2.46. The van der Waals surface area contributed by atoms with Crippen LogP contribution in [-0.2, 0) is 17.1 Å². The quantitative estimate of drug-likeness (QED) is 0.904. The van der Waals surface area contributed by atoms with Crippen molar-refractivity contribution < 1.29 is 13.5 Å². The molecule has 0 unspecified atom stereocenters. The molecule has 23 heavy (non-hydrogen) atoms. The molecule has 0 spiro atoms. The third-order valence-corrected chi connectivity index (χ3v) is 7.48. The number of hydrogen-bond donors (Lipinski definition) is 1. The largest absolute Gasteiger partial charge is 0.391 e. The summed E-state index contributed by atoms with van der Waals surface area (Å²) in [5.74, 6) is 0. The van der Waals surface area contributed by atoms with Crippen LogP contribution in [0.25, 0.3) is 10.2 Å². The van der Waals surface area contributed by atoms with Crippen molar-refractivity contribution in [1.82, 2.24) is 8.87 Å². The number of sulfonamides is 1. The Kier molecular flexibility index (Phi) is 4.35. The lowest BCUT2D eigenvalue weighted by Gasteiger charge is -2.34. The number of rotatable bonds is 3. The molecule has 1 fully saturated rings. The van der Waals surface area contributed by atoms with Gasteiger partial charge in [0.05, 0.1) is 27.3 Å². The Hall–Kier alpha value is -1.22. The van der Waals surface area contributed by atoms with E-state index in [1.54, 1.807) is 19.2 Å². The summed E-state index contributed by atoms with van der Waals surface area (Å²) in [6.07, 6.45) is 2.51. The number of benzene rings is 1. The molecule has 2 aromatic rings. The Morgan fingerprint density at radius 2 is 2.00 bits per heavy atom. The Morgan fingerprint density at radius 3 is 2.70 bits per heavy atom. The van der Waals surface area contributed by atoms with Crippen LogP contribution in [-0.4, -0.2) is 41.6 Å². The lowest BCUT2D eigenvalue weighted by molar-refractivity contribution is 0.0638. The molecule has 1 N–H and O–H groups in total. The van der Waals surface area contributed by atoms with Crippen molar-refractivity contribution in [3.8, 4) is 0 Å². The number of nitrogens with zero attached hydrogens (tertiary/aromatic N) is 2. The normalized spacial score (nSPS) is 22.8. The predicted octanol–water partition coefficient (Wildman–Crippen LogP) is 1.52. The van der Waals surface area contributed by atoms with E-state index < -0.39 is 16.1 Å². The number of aryl methyl sites for hydroxylation is 1. The van der Waals surface area contributed by atoms with Crippen LogP contribution in [0.1, 0.15) is 25.7 Å². The summed E-state index contributed by atoms with van der Waals surface area (Å²) in [6, 6.07) is 4.34. The molecule has 1 aromatic carbocycles. The summed E-state index contributed by atoms with van der Waals surface area (Å²) in [5, 5.41) is 10.1.